The van der Waals surface area contributed by atoms with Crippen LogP contribution in [0.2, 0.25) is 0 Å². The molecule has 7 heteroatoms. The zero-order valence-electron chi connectivity index (χ0n) is 17.5. The predicted octanol–water partition coefficient (Wildman–Crippen LogP) is 3.83. The molecule has 0 bridgehead atoms. The zero-order chi connectivity index (χ0) is 21.7. The summed E-state index contributed by atoms with van der Waals surface area (Å²) in [4.78, 5) is 15.9. The smallest absolute Gasteiger partial charge is 0.230 e. The number of rotatable bonds is 6. The van der Waals surface area contributed by atoms with Crippen LogP contribution >= 0.6 is 15.9 Å². The number of morpholine rings is 1. The van der Waals surface area contributed by atoms with E-state index in [1.54, 1.807) is 12.1 Å². The highest BCUT2D eigenvalue weighted by atomic mass is 79.9. The van der Waals surface area contributed by atoms with Crippen molar-refractivity contribution in [3.05, 3.63) is 69.9 Å². The van der Waals surface area contributed by atoms with Gasteiger partial charge in [0, 0.05) is 37.3 Å². The van der Waals surface area contributed by atoms with Gasteiger partial charge in [-0.05, 0) is 48.2 Å². The molecule has 5 nitrogen and oxygen atoms in total. The number of nitrogens with zero attached hydrogens (tertiary/aromatic N) is 1. The third kappa shape index (κ3) is 5.17. The van der Waals surface area contributed by atoms with E-state index in [2.05, 4.69) is 26.1 Å². The molecule has 2 heterocycles. The molecule has 31 heavy (non-hydrogen) atoms. The molecule has 2 aliphatic rings. The summed E-state index contributed by atoms with van der Waals surface area (Å²) in [5, 5.41) is 3.23. The number of carbonyl (C=O) groups excluding carboxylic acids is 1. The van der Waals surface area contributed by atoms with Crippen LogP contribution in [0.4, 0.5) is 4.39 Å². The molecule has 2 saturated heterocycles. The molecule has 0 aliphatic carbocycles. The first-order chi connectivity index (χ1) is 15.1. The fourth-order valence-corrected chi connectivity index (χ4v) is 4.79. The van der Waals surface area contributed by atoms with Gasteiger partial charge in [0.05, 0.1) is 24.7 Å². The van der Waals surface area contributed by atoms with Crippen LogP contribution < -0.4 is 5.32 Å². The van der Waals surface area contributed by atoms with Gasteiger partial charge in [-0.25, -0.2) is 4.39 Å². The van der Waals surface area contributed by atoms with Crippen LogP contribution in [0.15, 0.2) is 53.0 Å². The summed E-state index contributed by atoms with van der Waals surface area (Å²) in [6.45, 7) is 4.47. The molecular weight excluding hydrogens is 463 g/mol. The van der Waals surface area contributed by atoms with Gasteiger partial charge in [-0.3, -0.25) is 9.69 Å². The number of halogens is 2. The molecule has 1 atom stereocenters. The number of benzene rings is 2. The van der Waals surface area contributed by atoms with Crippen molar-refractivity contribution in [3.8, 4) is 0 Å². The first-order valence-corrected chi connectivity index (χ1v) is 11.6. The highest BCUT2D eigenvalue weighted by Gasteiger charge is 2.42. The van der Waals surface area contributed by atoms with E-state index < -0.39 is 5.41 Å². The minimum absolute atomic E-state index is 0.0264. The number of nitrogens with one attached hydrogen (secondary N) is 1. The minimum atomic E-state index is -0.600. The topological polar surface area (TPSA) is 50.8 Å². The third-order valence-electron chi connectivity index (χ3n) is 6.38. The molecule has 2 fully saturated rings. The molecule has 1 unspecified atom stereocenters. The van der Waals surface area contributed by atoms with Crippen LogP contribution in [-0.2, 0) is 19.7 Å². The van der Waals surface area contributed by atoms with Crippen LogP contribution in [0.1, 0.15) is 30.0 Å². The molecule has 1 amide bonds. The van der Waals surface area contributed by atoms with E-state index in [9.17, 15) is 9.18 Å². The van der Waals surface area contributed by atoms with Crippen molar-refractivity contribution in [3.63, 3.8) is 0 Å². The van der Waals surface area contributed by atoms with Crippen molar-refractivity contribution in [2.45, 2.75) is 24.3 Å². The van der Waals surface area contributed by atoms with Crippen LogP contribution in [0, 0.1) is 5.82 Å². The standard InChI is InChI=1S/C24H28BrFN2O3/c25-20-5-3-19(4-6-20)24(9-13-30-14-10-24)23(29)27-17-22(28-11-15-31-16-12-28)18-1-7-21(26)8-2-18/h1-8,22H,9-17H2,(H,27,29). The van der Waals surface area contributed by atoms with Gasteiger partial charge in [-0.2, -0.15) is 0 Å². The van der Waals surface area contributed by atoms with E-state index in [1.165, 1.54) is 12.1 Å². The molecule has 166 valence electrons. The van der Waals surface area contributed by atoms with Gasteiger partial charge in [0.1, 0.15) is 5.82 Å². The van der Waals surface area contributed by atoms with Crippen LogP contribution in [0.25, 0.3) is 0 Å². The first kappa shape index (κ1) is 22.4. The average molecular weight is 491 g/mol. The van der Waals surface area contributed by atoms with E-state index in [-0.39, 0.29) is 17.8 Å². The number of hydrogen-bond acceptors (Lipinski definition) is 4. The Kier molecular flexibility index (Phi) is 7.38. The molecule has 0 spiro atoms. The second kappa shape index (κ2) is 10.2. The maximum absolute atomic E-state index is 13.6. The Labute approximate surface area is 191 Å². The molecule has 2 aliphatic heterocycles. The van der Waals surface area contributed by atoms with Crippen LogP contribution in [0.3, 0.4) is 0 Å². The normalized spacial score (nSPS) is 20.2. The summed E-state index contributed by atoms with van der Waals surface area (Å²) in [6.07, 6.45) is 1.30. The summed E-state index contributed by atoms with van der Waals surface area (Å²) in [5.41, 5.74) is 1.41. The summed E-state index contributed by atoms with van der Waals surface area (Å²) in [5.74, 6) is -0.233. The van der Waals surface area contributed by atoms with Crippen molar-refractivity contribution >= 4 is 21.8 Å². The summed E-state index contributed by atoms with van der Waals surface area (Å²) >= 11 is 3.48. The van der Waals surface area contributed by atoms with Gasteiger partial charge in [-0.15, -0.1) is 0 Å². The lowest BCUT2D eigenvalue weighted by atomic mass is 9.73. The van der Waals surface area contributed by atoms with Gasteiger partial charge in [0.25, 0.3) is 0 Å². The Hall–Kier alpha value is -1.80. The van der Waals surface area contributed by atoms with Crippen molar-refractivity contribution in [1.82, 2.24) is 10.2 Å². The maximum Gasteiger partial charge on any atom is 0.230 e. The van der Waals surface area contributed by atoms with Gasteiger partial charge in [-0.1, -0.05) is 40.2 Å². The molecule has 0 aromatic heterocycles. The fraction of sp³-hybridized carbons (Fsp3) is 0.458. The van der Waals surface area contributed by atoms with Gasteiger partial charge in [0.15, 0.2) is 0 Å². The molecule has 0 saturated carbocycles. The van der Waals surface area contributed by atoms with Crippen molar-refractivity contribution in [2.75, 3.05) is 46.1 Å². The van der Waals surface area contributed by atoms with Crippen LogP contribution in [-0.4, -0.2) is 56.9 Å². The number of ether oxygens (including phenoxy) is 2. The molecular formula is C24H28BrFN2O3. The quantitative estimate of drug-likeness (QED) is 0.668. The van der Waals surface area contributed by atoms with Gasteiger partial charge >= 0.3 is 0 Å². The van der Waals surface area contributed by atoms with E-state index >= 15 is 0 Å². The fourth-order valence-electron chi connectivity index (χ4n) is 4.53. The Balaban J connectivity index is 1.55. The van der Waals surface area contributed by atoms with Crippen molar-refractivity contribution in [1.29, 1.82) is 0 Å². The lowest BCUT2D eigenvalue weighted by Crippen LogP contribution is -2.51. The Morgan fingerprint density at radius 1 is 1.00 bits per heavy atom. The zero-order valence-corrected chi connectivity index (χ0v) is 19.1. The monoisotopic (exact) mass is 490 g/mol. The highest BCUT2D eigenvalue weighted by Crippen LogP contribution is 2.36. The highest BCUT2D eigenvalue weighted by molar-refractivity contribution is 9.10. The maximum atomic E-state index is 13.6. The number of amides is 1. The Bertz CT molecular complexity index is 863. The van der Waals surface area contributed by atoms with E-state index in [0.717, 1.165) is 28.7 Å². The summed E-state index contributed by atoms with van der Waals surface area (Å²) in [7, 11) is 0. The molecule has 4 rings (SSSR count). The van der Waals surface area contributed by atoms with E-state index in [4.69, 9.17) is 9.47 Å². The lowest BCUT2D eigenvalue weighted by molar-refractivity contribution is -0.130. The van der Waals surface area contributed by atoms with Crippen molar-refractivity contribution < 1.29 is 18.7 Å². The Morgan fingerprint density at radius 3 is 2.26 bits per heavy atom. The van der Waals surface area contributed by atoms with Crippen molar-refractivity contribution in [2.24, 2.45) is 0 Å². The number of hydrogen-bond donors (Lipinski definition) is 1. The molecule has 1 N–H and O–H groups in total. The molecule has 2 aromatic carbocycles. The number of carbonyl (C=O) groups is 1. The van der Waals surface area contributed by atoms with Gasteiger partial charge < -0.3 is 14.8 Å². The Morgan fingerprint density at radius 2 is 1.61 bits per heavy atom. The van der Waals surface area contributed by atoms with E-state index in [0.29, 0.717) is 45.8 Å². The SMILES string of the molecule is O=C(NCC(c1ccc(F)cc1)N1CCOCC1)C1(c2ccc(Br)cc2)CCOCC1. The summed E-state index contributed by atoms with van der Waals surface area (Å²) in [6, 6.07) is 14.5. The largest absolute Gasteiger partial charge is 0.381 e. The second-order valence-electron chi connectivity index (χ2n) is 8.13. The lowest BCUT2D eigenvalue weighted by Gasteiger charge is -2.38. The van der Waals surface area contributed by atoms with Crippen LogP contribution in [0.5, 0.6) is 0 Å². The van der Waals surface area contributed by atoms with E-state index in [1.807, 2.05) is 24.3 Å². The predicted molar refractivity (Wildman–Crippen MR) is 120 cm³/mol. The van der Waals surface area contributed by atoms with Gasteiger partial charge in [0.2, 0.25) is 5.91 Å². The summed E-state index contributed by atoms with van der Waals surface area (Å²) < 4.78 is 25.6. The second-order valence-corrected chi connectivity index (χ2v) is 9.04. The molecule has 0 radical (unpaired) electrons. The third-order valence-corrected chi connectivity index (χ3v) is 6.90. The minimum Gasteiger partial charge on any atom is -0.381 e. The molecule has 2 aromatic rings. The average Bonchev–Trinajstić information content (AvgIpc) is 2.82. The first-order valence-electron chi connectivity index (χ1n) is 10.8.